The van der Waals surface area contributed by atoms with Gasteiger partial charge in [0.15, 0.2) is 0 Å². The van der Waals surface area contributed by atoms with Crippen LogP contribution < -0.4 is 14.8 Å². The molecule has 2 aromatic heterocycles. The normalized spacial score (nSPS) is 11.8. The highest BCUT2D eigenvalue weighted by Gasteiger charge is 2.21. The van der Waals surface area contributed by atoms with Crippen molar-refractivity contribution in [1.29, 1.82) is 0 Å². The molecule has 1 unspecified atom stereocenters. The van der Waals surface area contributed by atoms with E-state index in [-0.39, 0.29) is 6.04 Å². The quantitative estimate of drug-likeness (QED) is 0.729. The number of aromatic nitrogens is 4. The molecule has 8 heteroatoms. The number of hydrogen-bond donors (Lipinski definition) is 1. The summed E-state index contributed by atoms with van der Waals surface area (Å²) in [5, 5.41) is 3.64. The van der Waals surface area contributed by atoms with E-state index >= 15 is 0 Å². The summed E-state index contributed by atoms with van der Waals surface area (Å²) in [7, 11) is 5.16. The van der Waals surface area contributed by atoms with Gasteiger partial charge >= 0.3 is 0 Å². The van der Waals surface area contributed by atoms with Gasteiger partial charge in [0.2, 0.25) is 0 Å². The molecule has 1 atom stereocenters. The van der Waals surface area contributed by atoms with Gasteiger partial charge in [-0.2, -0.15) is 0 Å². The molecule has 2 heterocycles. The summed E-state index contributed by atoms with van der Waals surface area (Å²) >= 11 is 5.95. The van der Waals surface area contributed by atoms with Gasteiger partial charge in [-0.15, -0.1) is 0 Å². The molecule has 0 fully saturated rings. The molecule has 0 amide bonds. The minimum atomic E-state index is -0.295. The van der Waals surface area contributed by atoms with E-state index in [0.717, 1.165) is 11.4 Å². The molecule has 0 radical (unpaired) electrons. The minimum Gasteiger partial charge on any atom is -0.497 e. The van der Waals surface area contributed by atoms with E-state index in [0.29, 0.717) is 22.5 Å². The molecule has 130 valence electrons. The molecule has 0 aliphatic rings. The molecule has 0 aliphatic heterocycles. The fourth-order valence-corrected chi connectivity index (χ4v) is 2.66. The number of benzene rings is 1. The van der Waals surface area contributed by atoms with Crippen LogP contribution in [0.4, 0.5) is 5.82 Å². The van der Waals surface area contributed by atoms with E-state index in [1.165, 1.54) is 6.20 Å². The minimum absolute atomic E-state index is 0.295. The van der Waals surface area contributed by atoms with Gasteiger partial charge in [0.05, 0.1) is 26.6 Å². The van der Waals surface area contributed by atoms with E-state index < -0.39 is 0 Å². The standard InChI is InChI=1S/C17H18ClN5O2/c1-23-5-4-20-17(23)16(22-15-10-19-9-14(18)21-15)11-6-12(24-2)8-13(7-11)25-3/h4-10,16H,1-3H3,(H,21,22). The summed E-state index contributed by atoms with van der Waals surface area (Å²) in [5.74, 6) is 2.72. The number of nitrogens with zero attached hydrogens (tertiary/aromatic N) is 4. The number of anilines is 1. The molecular formula is C17H18ClN5O2. The van der Waals surface area contributed by atoms with Gasteiger partial charge in [0, 0.05) is 25.5 Å². The number of imidazole rings is 1. The zero-order valence-electron chi connectivity index (χ0n) is 14.1. The van der Waals surface area contributed by atoms with Crippen LogP contribution in [0.2, 0.25) is 5.15 Å². The summed E-state index contributed by atoms with van der Waals surface area (Å²) in [4.78, 5) is 12.8. The Morgan fingerprint density at radius 1 is 1.12 bits per heavy atom. The topological polar surface area (TPSA) is 74.1 Å². The van der Waals surface area contributed by atoms with Crippen molar-refractivity contribution >= 4 is 17.4 Å². The fraction of sp³-hybridized carbons (Fsp3) is 0.235. The smallest absolute Gasteiger partial charge is 0.149 e. The Labute approximate surface area is 150 Å². The third kappa shape index (κ3) is 3.83. The fourth-order valence-electron chi connectivity index (χ4n) is 2.51. The molecule has 0 saturated carbocycles. The van der Waals surface area contributed by atoms with Crippen molar-refractivity contribution < 1.29 is 9.47 Å². The first-order valence-electron chi connectivity index (χ1n) is 7.55. The SMILES string of the molecule is COc1cc(OC)cc(C(Nc2cncc(Cl)n2)c2nccn2C)c1. The van der Waals surface area contributed by atoms with Crippen LogP contribution in [0.15, 0.2) is 43.0 Å². The Morgan fingerprint density at radius 2 is 1.84 bits per heavy atom. The molecule has 0 bridgehead atoms. The summed E-state index contributed by atoms with van der Waals surface area (Å²) in [6.45, 7) is 0. The van der Waals surface area contributed by atoms with Crippen LogP contribution in [0.3, 0.4) is 0 Å². The lowest BCUT2D eigenvalue weighted by atomic mass is 10.0. The average molecular weight is 360 g/mol. The van der Waals surface area contributed by atoms with Crippen LogP contribution in [0.5, 0.6) is 11.5 Å². The predicted molar refractivity (Wildman–Crippen MR) is 95.3 cm³/mol. The van der Waals surface area contributed by atoms with Crippen LogP contribution in [0, 0.1) is 0 Å². The Bertz CT molecular complexity index is 845. The lowest BCUT2D eigenvalue weighted by Gasteiger charge is -2.21. The molecular weight excluding hydrogens is 342 g/mol. The maximum absolute atomic E-state index is 5.95. The van der Waals surface area contributed by atoms with Gasteiger partial charge in [0.1, 0.15) is 34.3 Å². The van der Waals surface area contributed by atoms with E-state index in [1.54, 1.807) is 26.6 Å². The number of hydrogen-bond acceptors (Lipinski definition) is 6. The van der Waals surface area contributed by atoms with Gasteiger partial charge in [-0.25, -0.2) is 9.97 Å². The van der Waals surface area contributed by atoms with Gasteiger partial charge in [0.25, 0.3) is 0 Å². The van der Waals surface area contributed by atoms with Gasteiger partial charge < -0.3 is 19.4 Å². The third-order valence-electron chi connectivity index (χ3n) is 3.72. The first-order valence-corrected chi connectivity index (χ1v) is 7.92. The highest BCUT2D eigenvalue weighted by Crippen LogP contribution is 2.31. The second kappa shape index (κ2) is 7.40. The lowest BCUT2D eigenvalue weighted by molar-refractivity contribution is 0.393. The third-order valence-corrected chi connectivity index (χ3v) is 3.90. The zero-order chi connectivity index (χ0) is 17.8. The van der Waals surface area contributed by atoms with Crippen molar-refractivity contribution in [3.63, 3.8) is 0 Å². The monoisotopic (exact) mass is 359 g/mol. The Hall–Kier alpha value is -2.80. The van der Waals surface area contributed by atoms with E-state index in [9.17, 15) is 0 Å². The Balaban J connectivity index is 2.07. The summed E-state index contributed by atoms with van der Waals surface area (Å²) < 4.78 is 12.7. The molecule has 0 spiro atoms. The second-order valence-corrected chi connectivity index (χ2v) is 5.73. The van der Waals surface area contributed by atoms with Crippen LogP contribution in [0.1, 0.15) is 17.4 Å². The number of halogens is 1. The predicted octanol–water partition coefficient (Wildman–Crippen LogP) is 3.08. The Kier molecular flexibility index (Phi) is 5.04. The lowest BCUT2D eigenvalue weighted by Crippen LogP contribution is -2.18. The van der Waals surface area contributed by atoms with Gasteiger partial charge in [-0.1, -0.05) is 11.6 Å². The van der Waals surface area contributed by atoms with Crippen molar-refractivity contribution in [2.24, 2.45) is 7.05 Å². The van der Waals surface area contributed by atoms with E-state index in [1.807, 2.05) is 36.0 Å². The van der Waals surface area contributed by atoms with E-state index in [2.05, 4.69) is 20.3 Å². The molecule has 1 aromatic carbocycles. The van der Waals surface area contributed by atoms with Gasteiger partial charge in [-0.05, 0) is 17.7 Å². The highest BCUT2D eigenvalue weighted by molar-refractivity contribution is 6.29. The summed E-state index contributed by atoms with van der Waals surface area (Å²) in [6, 6.07) is 5.37. The first kappa shape index (κ1) is 17.0. The molecule has 3 aromatic rings. The van der Waals surface area contributed by atoms with Crippen molar-refractivity contribution in [2.75, 3.05) is 19.5 Å². The first-order chi connectivity index (χ1) is 12.1. The number of methoxy groups -OCH3 is 2. The van der Waals surface area contributed by atoms with Crippen LogP contribution in [0.25, 0.3) is 0 Å². The highest BCUT2D eigenvalue weighted by atomic mass is 35.5. The van der Waals surface area contributed by atoms with Crippen LogP contribution >= 0.6 is 11.6 Å². The average Bonchev–Trinajstić information content (AvgIpc) is 3.05. The van der Waals surface area contributed by atoms with E-state index in [4.69, 9.17) is 21.1 Å². The van der Waals surface area contributed by atoms with Crippen molar-refractivity contribution in [2.45, 2.75) is 6.04 Å². The van der Waals surface area contributed by atoms with Crippen molar-refractivity contribution in [1.82, 2.24) is 19.5 Å². The molecule has 7 nitrogen and oxygen atoms in total. The molecule has 25 heavy (non-hydrogen) atoms. The number of ether oxygens (including phenoxy) is 2. The largest absolute Gasteiger partial charge is 0.497 e. The number of aryl methyl sites for hydroxylation is 1. The van der Waals surface area contributed by atoms with Crippen LogP contribution in [-0.4, -0.2) is 33.7 Å². The summed E-state index contributed by atoms with van der Waals surface area (Å²) in [5.41, 5.74) is 0.910. The summed E-state index contributed by atoms with van der Waals surface area (Å²) in [6.07, 6.45) is 6.71. The maximum atomic E-state index is 5.95. The molecule has 1 N–H and O–H groups in total. The van der Waals surface area contributed by atoms with Crippen molar-refractivity contribution in [3.05, 3.63) is 59.5 Å². The van der Waals surface area contributed by atoms with Crippen molar-refractivity contribution in [3.8, 4) is 11.5 Å². The second-order valence-electron chi connectivity index (χ2n) is 5.35. The number of nitrogens with one attached hydrogen (secondary N) is 1. The molecule has 0 aliphatic carbocycles. The van der Waals surface area contributed by atoms with Gasteiger partial charge in [-0.3, -0.25) is 4.98 Å². The Morgan fingerprint density at radius 3 is 2.40 bits per heavy atom. The van der Waals surface area contributed by atoms with Crippen LogP contribution in [-0.2, 0) is 7.05 Å². The number of rotatable bonds is 6. The molecule has 0 saturated heterocycles. The zero-order valence-corrected chi connectivity index (χ0v) is 14.9. The molecule has 3 rings (SSSR count). The maximum Gasteiger partial charge on any atom is 0.149 e.